The zero-order valence-electron chi connectivity index (χ0n) is 22.2. The molecule has 0 aliphatic heterocycles. The molecule has 2 aromatic carbocycles. The van der Waals surface area contributed by atoms with Crippen LogP contribution in [0.15, 0.2) is 36.4 Å². The third kappa shape index (κ3) is 6.64. The standard InChI is InChI=1S/C33H43F3/c1-3-5-7-25-13-19-28(31(34)22-25)18-12-24-10-16-27(17-11-24)30-21-20-29(32(35)33(30)36)26-14-8-23(6-4-2)9-15-26/h12-13,18-24,26-27H,3-11,14-17H2,1-2H3/b18-12+. The van der Waals surface area contributed by atoms with Crippen molar-refractivity contribution in [2.75, 3.05) is 0 Å². The summed E-state index contributed by atoms with van der Waals surface area (Å²) in [6.07, 6.45) is 17.3. The van der Waals surface area contributed by atoms with Gasteiger partial charge in [0.1, 0.15) is 5.82 Å². The zero-order chi connectivity index (χ0) is 25.5. The molecule has 4 rings (SSSR count). The van der Waals surface area contributed by atoms with Crippen molar-refractivity contribution in [1.82, 2.24) is 0 Å². The van der Waals surface area contributed by atoms with Gasteiger partial charge < -0.3 is 0 Å². The molecule has 0 saturated heterocycles. The number of benzene rings is 2. The Morgan fingerprint density at radius 1 is 0.750 bits per heavy atom. The van der Waals surface area contributed by atoms with Gasteiger partial charge in [0.2, 0.25) is 0 Å². The maximum atomic E-state index is 15.2. The van der Waals surface area contributed by atoms with Gasteiger partial charge in [0.05, 0.1) is 0 Å². The van der Waals surface area contributed by atoms with E-state index in [1.807, 2.05) is 30.3 Å². The highest BCUT2D eigenvalue weighted by molar-refractivity contribution is 5.51. The van der Waals surface area contributed by atoms with E-state index in [9.17, 15) is 4.39 Å². The van der Waals surface area contributed by atoms with Gasteiger partial charge in [-0.2, -0.15) is 0 Å². The first kappa shape index (κ1) is 27.0. The minimum Gasteiger partial charge on any atom is -0.206 e. The number of allylic oxidation sites excluding steroid dienone is 1. The van der Waals surface area contributed by atoms with Gasteiger partial charge in [-0.1, -0.05) is 69.5 Å². The average Bonchev–Trinajstić information content (AvgIpc) is 2.90. The lowest BCUT2D eigenvalue weighted by atomic mass is 9.75. The lowest BCUT2D eigenvalue weighted by Crippen LogP contribution is -2.17. The quantitative estimate of drug-likeness (QED) is 0.324. The molecule has 2 saturated carbocycles. The van der Waals surface area contributed by atoms with E-state index in [0.29, 0.717) is 22.6 Å². The Bertz CT molecular complexity index is 1010. The van der Waals surface area contributed by atoms with Crippen LogP contribution in [0.25, 0.3) is 6.08 Å². The normalized spacial score (nSPS) is 24.9. The van der Waals surface area contributed by atoms with Gasteiger partial charge in [-0.05, 0) is 111 Å². The van der Waals surface area contributed by atoms with Crippen LogP contribution in [0.2, 0.25) is 0 Å². The highest BCUT2D eigenvalue weighted by Gasteiger charge is 2.29. The van der Waals surface area contributed by atoms with Gasteiger partial charge in [-0.25, -0.2) is 13.2 Å². The first-order chi connectivity index (χ1) is 17.5. The molecule has 36 heavy (non-hydrogen) atoms. The number of rotatable bonds is 9. The summed E-state index contributed by atoms with van der Waals surface area (Å²) in [5, 5.41) is 0. The smallest absolute Gasteiger partial charge is 0.162 e. The van der Waals surface area contributed by atoms with Crippen molar-refractivity contribution in [1.29, 1.82) is 0 Å². The summed E-state index contributed by atoms with van der Waals surface area (Å²) in [5.74, 6) is -0.0596. The predicted octanol–water partition coefficient (Wildman–Crippen LogP) is 10.5. The molecule has 0 bridgehead atoms. The fraction of sp³-hybridized carbons (Fsp3) is 0.576. The summed E-state index contributed by atoms with van der Waals surface area (Å²) in [6, 6.07) is 9.29. The number of aryl methyl sites for hydroxylation is 1. The molecule has 0 N–H and O–H groups in total. The van der Waals surface area contributed by atoms with Crippen LogP contribution in [0, 0.1) is 29.3 Å². The second-order valence-corrected chi connectivity index (χ2v) is 11.3. The Hall–Kier alpha value is -2.03. The van der Waals surface area contributed by atoms with E-state index < -0.39 is 11.6 Å². The minimum atomic E-state index is -0.618. The molecule has 0 amide bonds. The van der Waals surface area contributed by atoms with Crippen LogP contribution in [0.5, 0.6) is 0 Å². The lowest BCUT2D eigenvalue weighted by molar-refractivity contribution is 0.302. The summed E-state index contributed by atoms with van der Waals surface area (Å²) >= 11 is 0. The second-order valence-electron chi connectivity index (χ2n) is 11.3. The lowest BCUT2D eigenvalue weighted by Gasteiger charge is -2.30. The topological polar surface area (TPSA) is 0 Å². The van der Waals surface area contributed by atoms with Crippen molar-refractivity contribution in [2.24, 2.45) is 11.8 Å². The monoisotopic (exact) mass is 496 g/mol. The summed E-state index contributed by atoms with van der Waals surface area (Å²) in [4.78, 5) is 0. The number of halogens is 3. The molecule has 0 heterocycles. The first-order valence-corrected chi connectivity index (χ1v) is 14.4. The van der Waals surface area contributed by atoms with Gasteiger partial charge in [0.15, 0.2) is 11.6 Å². The van der Waals surface area contributed by atoms with Crippen molar-refractivity contribution < 1.29 is 13.2 Å². The fourth-order valence-electron chi connectivity index (χ4n) is 6.48. The molecule has 0 nitrogen and oxygen atoms in total. The molecule has 2 aliphatic rings. The van der Waals surface area contributed by atoms with Crippen LogP contribution in [0.1, 0.15) is 125 Å². The summed E-state index contributed by atoms with van der Waals surface area (Å²) in [7, 11) is 0. The Balaban J connectivity index is 1.33. The van der Waals surface area contributed by atoms with Crippen LogP contribution in [-0.2, 0) is 6.42 Å². The Kier molecular flexibility index (Phi) is 9.73. The highest BCUT2D eigenvalue weighted by atomic mass is 19.2. The van der Waals surface area contributed by atoms with Gasteiger partial charge in [-0.3, -0.25) is 0 Å². The fourth-order valence-corrected chi connectivity index (χ4v) is 6.48. The average molecular weight is 497 g/mol. The van der Waals surface area contributed by atoms with E-state index in [1.165, 1.54) is 12.8 Å². The van der Waals surface area contributed by atoms with Crippen molar-refractivity contribution in [3.63, 3.8) is 0 Å². The zero-order valence-corrected chi connectivity index (χ0v) is 22.2. The molecule has 2 aliphatic carbocycles. The van der Waals surface area contributed by atoms with Crippen LogP contribution in [0.3, 0.4) is 0 Å². The van der Waals surface area contributed by atoms with E-state index in [0.717, 1.165) is 82.1 Å². The van der Waals surface area contributed by atoms with Crippen molar-refractivity contribution in [3.05, 3.63) is 76.1 Å². The number of hydrogen-bond acceptors (Lipinski definition) is 0. The molecule has 0 unspecified atom stereocenters. The van der Waals surface area contributed by atoms with E-state index >= 15 is 8.78 Å². The van der Waals surface area contributed by atoms with E-state index in [4.69, 9.17) is 0 Å². The van der Waals surface area contributed by atoms with E-state index in [1.54, 1.807) is 6.07 Å². The molecule has 0 atom stereocenters. The van der Waals surface area contributed by atoms with Crippen LogP contribution >= 0.6 is 0 Å². The van der Waals surface area contributed by atoms with Crippen molar-refractivity contribution in [3.8, 4) is 0 Å². The summed E-state index contributed by atoms with van der Waals surface area (Å²) < 4.78 is 44.8. The Morgan fingerprint density at radius 2 is 1.36 bits per heavy atom. The number of unbranched alkanes of at least 4 members (excludes halogenated alkanes) is 1. The maximum absolute atomic E-state index is 15.2. The van der Waals surface area contributed by atoms with Gasteiger partial charge >= 0.3 is 0 Å². The van der Waals surface area contributed by atoms with Crippen LogP contribution < -0.4 is 0 Å². The molecular weight excluding hydrogens is 453 g/mol. The highest BCUT2D eigenvalue weighted by Crippen LogP contribution is 2.42. The molecular formula is C33H43F3. The first-order valence-electron chi connectivity index (χ1n) is 14.4. The van der Waals surface area contributed by atoms with Crippen LogP contribution in [0.4, 0.5) is 13.2 Å². The van der Waals surface area contributed by atoms with Crippen molar-refractivity contribution >= 4 is 6.08 Å². The van der Waals surface area contributed by atoms with Gasteiger partial charge in [0.25, 0.3) is 0 Å². The van der Waals surface area contributed by atoms with Gasteiger partial charge in [0, 0.05) is 5.56 Å². The van der Waals surface area contributed by atoms with E-state index in [2.05, 4.69) is 19.9 Å². The van der Waals surface area contributed by atoms with Crippen LogP contribution in [-0.4, -0.2) is 0 Å². The Morgan fingerprint density at radius 3 is 1.92 bits per heavy atom. The predicted molar refractivity (Wildman–Crippen MR) is 145 cm³/mol. The maximum Gasteiger partial charge on any atom is 0.162 e. The molecule has 0 spiro atoms. The molecule has 196 valence electrons. The molecule has 2 aromatic rings. The number of hydrogen-bond donors (Lipinski definition) is 0. The van der Waals surface area contributed by atoms with Gasteiger partial charge in [-0.15, -0.1) is 0 Å². The largest absolute Gasteiger partial charge is 0.206 e. The van der Waals surface area contributed by atoms with Crippen molar-refractivity contribution in [2.45, 2.75) is 109 Å². The van der Waals surface area contributed by atoms with E-state index in [-0.39, 0.29) is 17.7 Å². The SMILES string of the molecule is CCCCc1ccc(/C=C/C2CCC(c3ccc(C4CCC(CCC)CC4)c(F)c3F)CC2)c(F)c1. The Labute approximate surface area is 216 Å². The third-order valence-corrected chi connectivity index (χ3v) is 8.77. The summed E-state index contributed by atoms with van der Waals surface area (Å²) in [5.41, 5.74) is 2.82. The molecule has 0 aromatic heterocycles. The molecule has 3 heteroatoms. The third-order valence-electron chi connectivity index (χ3n) is 8.77. The molecule has 0 radical (unpaired) electrons. The molecule has 2 fully saturated rings. The minimum absolute atomic E-state index is 0.0630. The summed E-state index contributed by atoms with van der Waals surface area (Å²) in [6.45, 7) is 4.36. The second kappa shape index (κ2) is 13.0.